The van der Waals surface area contributed by atoms with Crippen LogP contribution in [0.25, 0.3) is 5.69 Å². The molecular formula is C28H33N5O4. The molecule has 1 atom stereocenters. The maximum absolute atomic E-state index is 13.7. The minimum atomic E-state index is -0.519. The molecule has 1 aromatic heterocycles. The number of hydrogen-bond acceptors (Lipinski definition) is 6. The van der Waals surface area contributed by atoms with Crippen LogP contribution in [0, 0.1) is 0 Å². The van der Waals surface area contributed by atoms with Crippen LogP contribution in [0.15, 0.2) is 54.7 Å². The fourth-order valence-corrected chi connectivity index (χ4v) is 5.43. The summed E-state index contributed by atoms with van der Waals surface area (Å²) in [7, 11) is 1.65. The van der Waals surface area contributed by atoms with E-state index in [9.17, 15) is 14.7 Å². The van der Waals surface area contributed by atoms with Gasteiger partial charge >= 0.3 is 0 Å². The Bertz CT molecular complexity index is 1250. The topological polar surface area (TPSA) is 110 Å². The monoisotopic (exact) mass is 503 g/mol. The third-order valence-electron chi connectivity index (χ3n) is 7.47. The molecule has 9 nitrogen and oxygen atoms in total. The average molecular weight is 504 g/mol. The van der Waals surface area contributed by atoms with Crippen molar-refractivity contribution in [3.63, 3.8) is 0 Å². The van der Waals surface area contributed by atoms with Crippen molar-refractivity contribution < 1.29 is 19.4 Å². The van der Waals surface area contributed by atoms with Crippen molar-refractivity contribution in [2.45, 2.75) is 63.1 Å². The summed E-state index contributed by atoms with van der Waals surface area (Å²) in [6.07, 6.45) is 7.02. The molecule has 5 rings (SSSR count). The van der Waals surface area contributed by atoms with E-state index in [2.05, 4.69) is 15.6 Å². The Balaban J connectivity index is 1.38. The second kappa shape index (κ2) is 10.7. The first-order valence-electron chi connectivity index (χ1n) is 12.9. The highest BCUT2D eigenvalue weighted by Crippen LogP contribution is 2.38. The van der Waals surface area contributed by atoms with E-state index in [1.165, 1.54) is 0 Å². The number of nitrogens with zero attached hydrogens (tertiary/aromatic N) is 4. The minimum absolute atomic E-state index is 0.00376. The largest absolute Gasteiger partial charge is 0.497 e. The second-order valence-corrected chi connectivity index (χ2v) is 9.96. The fraction of sp³-hybridized carbons (Fsp3) is 0.429. The van der Waals surface area contributed by atoms with Gasteiger partial charge in [0.05, 0.1) is 42.7 Å². The van der Waals surface area contributed by atoms with Crippen LogP contribution in [0.1, 0.15) is 66.6 Å². The van der Waals surface area contributed by atoms with Gasteiger partial charge in [0.25, 0.3) is 5.91 Å². The number of carbonyl (C=O) groups excluding carboxylic acids is 2. The number of para-hydroxylation sites is 1. The molecule has 2 aliphatic rings. The van der Waals surface area contributed by atoms with E-state index in [-0.39, 0.29) is 24.9 Å². The minimum Gasteiger partial charge on any atom is -0.497 e. The standard InChI is InChI=1S/C28H33N5O4/c1-37-23-12-9-20(10-13-23)28(15-5-2-6-16-28)29-27(36)24-7-3-4-8-25(24)33-18-21(30-31-33)17-32-19-22(34)11-14-26(32)35/h3-4,7-10,12-13,18,22,34H,2,5-6,11,14-17,19H2,1H3,(H,29,36). The van der Waals surface area contributed by atoms with Gasteiger partial charge in [-0.1, -0.05) is 48.7 Å². The van der Waals surface area contributed by atoms with Crippen molar-refractivity contribution in [2.24, 2.45) is 0 Å². The van der Waals surface area contributed by atoms with Gasteiger partial charge in [0.2, 0.25) is 5.91 Å². The van der Waals surface area contributed by atoms with Crippen molar-refractivity contribution in [3.8, 4) is 11.4 Å². The van der Waals surface area contributed by atoms with E-state index in [1.54, 1.807) is 29.0 Å². The zero-order valence-corrected chi connectivity index (χ0v) is 21.1. The molecule has 1 aliphatic heterocycles. The first kappa shape index (κ1) is 25.0. The highest BCUT2D eigenvalue weighted by Gasteiger charge is 2.36. The number of β-amino-alcohol motifs (C(OH)–C–C–N with tert-alkyl or cyclic N) is 1. The summed E-state index contributed by atoms with van der Waals surface area (Å²) in [5, 5.41) is 21.8. The first-order valence-corrected chi connectivity index (χ1v) is 12.9. The average Bonchev–Trinajstić information content (AvgIpc) is 3.39. The number of aromatic nitrogens is 3. The number of ether oxygens (including phenoxy) is 1. The molecule has 2 fully saturated rings. The number of hydrogen-bond donors (Lipinski definition) is 2. The SMILES string of the molecule is COc1ccc(C2(NC(=O)c3ccccc3-n3cc(CN4CC(O)CCC4=O)nn3)CCCCC2)cc1. The van der Waals surface area contributed by atoms with Crippen LogP contribution >= 0.6 is 0 Å². The molecule has 37 heavy (non-hydrogen) atoms. The van der Waals surface area contributed by atoms with Gasteiger partial charge in [0, 0.05) is 13.0 Å². The Kier molecular flexibility index (Phi) is 7.23. The Morgan fingerprint density at radius 3 is 2.65 bits per heavy atom. The maximum Gasteiger partial charge on any atom is 0.254 e. The number of methoxy groups -OCH3 is 1. The molecule has 0 spiro atoms. The van der Waals surface area contributed by atoms with Gasteiger partial charge in [-0.05, 0) is 49.1 Å². The lowest BCUT2D eigenvalue weighted by Gasteiger charge is -2.39. The van der Waals surface area contributed by atoms with Crippen molar-refractivity contribution >= 4 is 11.8 Å². The van der Waals surface area contributed by atoms with Gasteiger partial charge in [-0.3, -0.25) is 9.59 Å². The summed E-state index contributed by atoms with van der Waals surface area (Å²) < 4.78 is 6.91. The third kappa shape index (κ3) is 5.36. The number of benzene rings is 2. The number of carbonyl (C=O) groups is 2. The highest BCUT2D eigenvalue weighted by molar-refractivity contribution is 5.98. The number of amides is 2. The number of likely N-dealkylation sites (tertiary alicyclic amines) is 1. The Morgan fingerprint density at radius 2 is 1.89 bits per heavy atom. The first-order chi connectivity index (χ1) is 18.0. The smallest absolute Gasteiger partial charge is 0.254 e. The predicted molar refractivity (Wildman–Crippen MR) is 137 cm³/mol. The molecule has 0 radical (unpaired) electrons. The predicted octanol–water partition coefficient (Wildman–Crippen LogP) is 3.35. The van der Waals surface area contributed by atoms with E-state index in [0.29, 0.717) is 29.8 Å². The molecule has 0 bridgehead atoms. The second-order valence-electron chi connectivity index (χ2n) is 9.96. The molecule has 3 aromatic rings. The van der Waals surface area contributed by atoms with E-state index in [4.69, 9.17) is 4.74 Å². The fourth-order valence-electron chi connectivity index (χ4n) is 5.43. The van der Waals surface area contributed by atoms with E-state index in [1.807, 2.05) is 42.5 Å². The lowest BCUT2D eigenvalue weighted by Crippen LogP contribution is -2.47. The van der Waals surface area contributed by atoms with Gasteiger partial charge in [0.15, 0.2) is 0 Å². The summed E-state index contributed by atoms with van der Waals surface area (Å²) in [4.78, 5) is 27.6. The van der Waals surface area contributed by atoms with Gasteiger partial charge < -0.3 is 20.1 Å². The van der Waals surface area contributed by atoms with Crippen molar-refractivity contribution in [1.82, 2.24) is 25.2 Å². The van der Waals surface area contributed by atoms with Crippen LogP contribution in [0.5, 0.6) is 5.75 Å². The lowest BCUT2D eigenvalue weighted by atomic mass is 9.76. The summed E-state index contributed by atoms with van der Waals surface area (Å²) in [6.45, 7) is 0.558. The van der Waals surface area contributed by atoms with Crippen molar-refractivity contribution in [1.29, 1.82) is 0 Å². The molecule has 2 heterocycles. The molecular weight excluding hydrogens is 470 g/mol. The third-order valence-corrected chi connectivity index (χ3v) is 7.47. The quantitative estimate of drug-likeness (QED) is 0.512. The summed E-state index contributed by atoms with van der Waals surface area (Å²) in [5.41, 5.74) is 2.35. The summed E-state index contributed by atoms with van der Waals surface area (Å²) in [6, 6.07) is 15.3. The van der Waals surface area contributed by atoms with Crippen LogP contribution in [-0.4, -0.2) is 56.6 Å². The molecule has 1 saturated carbocycles. The summed E-state index contributed by atoms with van der Waals surface area (Å²) in [5.74, 6) is 0.616. The Labute approximate surface area is 216 Å². The van der Waals surface area contributed by atoms with Crippen LogP contribution in [-0.2, 0) is 16.9 Å². The van der Waals surface area contributed by atoms with Crippen molar-refractivity contribution in [2.75, 3.05) is 13.7 Å². The van der Waals surface area contributed by atoms with Crippen LogP contribution in [0.2, 0.25) is 0 Å². The molecule has 194 valence electrons. The molecule has 2 N–H and O–H groups in total. The molecule has 1 saturated heterocycles. The van der Waals surface area contributed by atoms with Crippen molar-refractivity contribution in [3.05, 3.63) is 71.5 Å². The van der Waals surface area contributed by atoms with E-state index >= 15 is 0 Å². The maximum atomic E-state index is 13.7. The van der Waals surface area contributed by atoms with Crippen LogP contribution in [0.4, 0.5) is 0 Å². The molecule has 1 unspecified atom stereocenters. The number of rotatable bonds is 7. The summed E-state index contributed by atoms with van der Waals surface area (Å²) >= 11 is 0. The number of piperidine rings is 1. The van der Waals surface area contributed by atoms with Crippen LogP contribution < -0.4 is 10.1 Å². The van der Waals surface area contributed by atoms with Crippen LogP contribution in [0.3, 0.4) is 0 Å². The van der Waals surface area contributed by atoms with E-state index < -0.39 is 11.6 Å². The van der Waals surface area contributed by atoms with Gasteiger partial charge in [0.1, 0.15) is 11.4 Å². The zero-order chi connectivity index (χ0) is 25.8. The van der Waals surface area contributed by atoms with E-state index in [0.717, 1.165) is 43.4 Å². The Morgan fingerprint density at radius 1 is 1.14 bits per heavy atom. The number of nitrogens with one attached hydrogen (secondary N) is 1. The van der Waals surface area contributed by atoms with Gasteiger partial charge in [-0.15, -0.1) is 5.10 Å². The Hall–Kier alpha value is -3.72. The van der Waals surface area contributed by atoms with Gasteiger partial charge in [-0.2, -0.15) is 0 Å². The molecule has 2 amide bonds. The number of aliphatic hydroxyl groups excluding tert-OH is 1. The molecule has 9 heteroatoms. The highest BCUT2D eigenvalue weighted by atomic mass is 16.5. The molecule has 1 aliphatic carbocycles. The number of aliphatic hydroxyl groups is 1. The zero-order valence-electron chi connectivity index (χ0n) is 21.1. The normalized spacial score (nSPS) is 19.5. The van der Waals surface area contributed by atoms with Gasteiger partial charge in [-0.25, -0.2) is 4.68 Å². The lowest BCUT2D eigenvalue weighted by molar-refractivity contribution is -0.137. The molecule has 2 aromatic carbocycles.